The van der Waals surface area contributed by atoms with Crippen LogP contribution in [0.5, 0.6) is 0 Å². The minimum absolute atomic E-state index is 0.00840. The molecule has 0 spiro atoms. The second-order valence-corrected chi connectivity index (χ2v) is 11.8. The van der Waals surface area contributed by atoms with Gasteiger partial charge in [-0.15, -0.1) is 0 Å². The molecule has 38 heavy (non-hydrogen) atoms. The second-order valence-electron chi connectivity index (χ2n) is 11.8. The number of esters is 3. The van der Waals surface area contributed by atoms with Crippen molar-refractivity contribution in [2.45, 2.75) is 78.6 Å². The van der Waals surface area contributed by atoms with E-state index >= 15 is 0 Å². The molecule has 2 fully saturated rings. The molecule has 4 rings (SSSR count). The zero-order chi connectivity index (χ0) is 28.0. The Hall–Kier alpha value is -3.22. The van der Waals surface area contributed by atoms with Crippen LogP contribution in [-0.4, -0.2) is 41.5 Å². The van der Waals surface area contributed by atoms with Crippen molar-refractivity contribution in [3.63, 3.8) is 0 Å². The first-order valence-electron chi connectivity index (χ1n) is 13.3. The van der Waals surface area contributed by atoms with Crippen molar-refractivity contribution < 1.29 is 33.4 Å². The Morgan fingerprint density at radius 3 is 2.29 bits per heavy atom. The lowest BCUT2D eigenvalue weighted by Crippen LogP contribution is -2.55. The third kappa shape index (κ3) is 4.95. The van der Waals surface area contributed by atoms with Crippen molar-refractivity contribution >= 4 is 23.7 Å². The molecular weight excluding hydrogens is 484 g/mol. The smallest absolute Gasteiger partial charge is 0.338 e. The number of hydrogen-bond donors (Lipinski definition) is 0. The number of benzene rings is 1. The van der Waals surface area contributed by atoms with Gasteiger partial charge in [0.15, 0.2) is 5.60 Å². The summed E-state index contributed by atoms with van der Waals surface area (Å²) in [4.78, 5) is 52.4. The highest BCUT2D eigenvalue weighted by atomic mass is 16.6. The predicted octanol–water partition coefficient (Wildman–Crippen LogP) is 5.24. The summed E-state index contributed by atoms with van der Waals surface area (Å²) in [6.45, 7) is 14.8. The monoisotopic (exact) mass is 522 g/mol. The van der Waals surface area contributed by atoms with E-state index < -0.39 is 41.6 Å². The summed E-state index contributed by atoms with van der Waals surface area (Å²) in [5.74, 6) is -2.88. The number of carbonyl (C=O) groups excluding carboxylic acids is 4. The van der Waals surface area contributed by atoms with E-state index in [4.69, 9.17) is 14.2 Å². The Bertz CT molecular complexity index is 1180. The van der Waals surface area contributed by atoms with Crippen LogP contribution < -0.4 is 0 Å². The van der Waals surface area contributed by atoms with Gasteiger partial charge in [0.2, 0.25) is 5.78 Å². The average Bonchev–Trinajstić information content (AvgIpc) is 3.24. The van der Waals surface area contributed by atoms with Crippen LogP contribution in [-0.2, 0) is 28.6 Å². The van der Waals surface area contributed by atoms with Crippen molar-refractivity contribution in [2.75, 3.05) is 0 Å². The lowest BCUT2D eigenvalue weighted by Gasteiger charge is -2.40. The van der Waals surface area contributed by atoms with Crippen LogP contribution in [0.4, 0.5) is 0 Å². The maximum Gasteiger partial charge on any atom is 0.338 e. The lowest BCUT2D eigenvalue weighted by molar-refractivity contribution is -0.178. The molecule has 3 aliphatic carbocycles. The first-order valence-corrected chi connectivity index (χ1v) is 13.3. The Morgan fingerprint density at radius 1 is 1.03 bits per heavy atom. The maximum absolute atomic E-state index is 14.3. The SMILES string of the molecule is C=C1CCC2C(C=C(C)C(=O)C3(OC(C)=O)CC(C)C(OC(C)=O)C3C1OC(=O)c1ccccc1)C2(C)C. The Labute approximate surface area is 224 Å². The third-order valence-corrected chi connectivity index (χ3v) is 8.77. The van der Waals surface area contributed by atoms with E-state index in [9.17, 15) is 19.2 Å². The molecule has 0 saturated heterocycles. The molecule has 1 aromatic carbocycles. The fourth-order valence-electron chi connectivity index (χ4n) is 6.80. The van der Waals surface area contributed by atoms with Gasteiger partial charge in [-0.1, -0.05) is 51.6 Å². The molecule has 0 aromatic heterocycles. The number of Topliss-reactive ketones (excluding diaryl/α,β-unsaturated/α-hetero) is 1. The molecule has 0 radical (unpaired) electrons. The molecule has 0 amide bonds. The summed E-state index contributed by atoms with van der Waals surface area (Å²) >= 11 is 0. The van der Waals surface area contributed by atoms with Crippen molar-refractivity contribution in [3.8, 4) is 0 Å². The number of rotatable bonds is 4. The second kappa shape index (κ2) is 10.2. The van der Waals surface area contributed by atoms with E-state index in [0.29, 0.717) is 29.0 Å². The quantitative estimate of drug-likeness (QED) is 0.303. The molecule has 0 heterocycles. The molecule has 0 aliphatic heterocycles. The van der Waals surface area contributed by atoms with Gasteiger partial charge in [0.1, 0.15) is 12.2 Å². The Kier molecular flexibility index (Phi) is 7.43. The van der Waals surface area contributed by atoms with Gasteiger partial charge >= 0.3 is 17.9 Å². The summed E-state index contributed by atoms with van der Waals surface area (Å²) in [5, 5.41) is 0. The summed E-state index contributed by atoms with van der Waals surface area (Å²) < 4.78 is 17.9. The van der Waals surface area contributed by atoms with Gasteiger partial charge in [0.05, 0.1) is 11.5 Å². The standard InChI is InChI=1S/C31H38O7/c1-17-13-14-23-24(30(23,6)7)15-18(2)28(34)31(38-21(5)33)16-19(3)27(36-20(4)32)25(31)26(17)37-29(35)22-11-9-8-10-12-22/h8-12,15,19,23-27H,1,13-14,16H2,2-7H3. The van der Waals surface area contributed by atoms with Gasteiger partial charge in [-0.25, -0.2) is 4.79 Å². The predicted molar refractivity (Wildman–Crippen MR) is 141 cm³/mol. The number of fused-ring (bicyclic) bond motifs is 2. The minimum Gasteiger partial charge on any atom is -0.462 e. The van der Waals surface area contributed by atoms with Crippen LogP contribution in [0, 0.1) is 29.1 Å². The van der Waals surface area contributed by atoms with Crippen molar-refractivity contribution in [2.24, 2.45) is 29.1 Å². The third-order valence-electron chi connectivity index (χ3n) is 8.77. The molecule has 1 aromatic rings. The zero-order valence-corrected chi connectivity index (χ0v) is 23.1. The average molecular weight is 523 g/mol. The summed E-state index contributed by atoms with van der Waals surface area (Å²) in [5.41, 5.74) is -0.235. The van der Waals surface area contributed by atoms with E-state index in [0.717, 1.165) is 6.42 Å². The first kappa shape index (κ1) is 27.8. The van der Waals surface area contributed by atoms with Crippen molar-refractivity contribution in [3.05, 3.63) is 59.7 Å². The van der Waals surface area contributed by atoms with Crippen LogP contribution in [0.2, 0.25) is 0 Å². The van der Waals surface area contributed by atoms with Gasteiger partial charge in [0, 0.05) is 20.3 Å². The lowest BCUT2D eigenvalue weighted by atomic mass is 9.76. The molecule has 7 nitrogen and oxygen atoms in total. The number of ether oxygens (including phenoxy) is 3. The van der Waals surface area contributed by atoms with E-state index in [-0.39, 0.29) is 29.5 Å². The Balaban J connectivity index is 1.89. The summed E-state index contributed by atoms with van der Waals surface area (Å²) in [6, 6.07) is 8.56. The fourth-order valence-corrected chi connectivity index (χ4v) is 6.80. The zero-order valence-electron chi connectivity index (χ0n) is 23.1. The highest BCUT2D eigenvalue weighted by Crippen LogP contribution is 2.62. The first-order chi connectivity index (χ1) is 17.8. The normalized spacial score (nSPS) is 34.1. The number of ketones is 1. The number of hydrogen-bond acceptors (Lipinski definition) is 7. The van der Waals surface area contributed by atoms with Gasteiger partial charge < -0.3 is 14.2 Å². The van der Waals surface area contributed by atoms with Gasteiger partial charge in [-0.05, 0) is 66.2 Å². The Morgan fingerprint density at radius 2 is 1.68 bits per heavy atom. The van der Waals surface area contributed by atoms with E-state index in [1.807, 2.05) is 13.0 Å². The molecule has 3 aliphatic rings. The molecule has 7 atom stereocenters. The summed E-state index contributed by atoms with van der Waals surface area (Å²) in [6.07, 6.45) is 1.62. The topological polar surface area (TPSA) is 96.0 Å². The molecule has 7 unspecified atom stereocenters. The van der Waals surface area contributed by atoms with Crippen molar-refractivity contribution in [1.82, 2.24) is 0 Å². The van der Waals surface area contributed by atoms with E-state index in [1.54, 1.807) is 37.3 Å². The molecule has 204 valence electrons. The van der Waals surface area contributed by atoms with Crippen LogP contribution in [0.25, 0.3) is 0 Å². The van der Waals surface area contributed by atoms with E-state index in [2.05, 4.69) is 20.4 Å². The highest BCUT2D eigenvalue weighted by molar-refractivity contribution is 6.03. The molecule has 0 N–H and O–H groups in total. The van der Waals surface area contributed by atoms with E-state index in [1.165, 1.54) is 13.8 Å². The van der Waals surface area contributed by atoms with Crippen LogP contribution >= 0.6 is 0 Å². The van der Waals surface area contributed by atoms with Gasteiger partial charge in [-0.2, -0.15) is 0 Å². The van der Waals surface area contributed by atoms with Crippen LogP contribution in [0.3, 0.4) is 0 Å². The van der Waals surface area contributed by atoms with Gasteiger partial charge in [-0.3, -0.25) is 14.4 Å². The molecule has 2 saturated carbocycles. The molecular formula is C31H38O7. The van der Waals surface area contributed by atoms with Crippen LogP contribution in [0.1, 0.15) is 71.2 Å². The number of carbonyl (C=O) groups is 4. The maximum atomic E-state index is 14.3. The highest BCUT2D eigenvalue weighted by Gasteiger charge is 2.65. The number of allylic oxidation sites excluding steroid dienone is 1. The largest absolute Gasteiger partial charge is 0.462 e. The van der Waals surface area contributed by atoms with Crippen molar-refractivity contribution in [1.29, 1.82) is 0 Å². The summed E-state index contributed by atoms with van der Waals surface area (Å²) in [7, 11) is 0. The minimum atomic E-state index is -1.69. The molecule has 0 bridgehead atoms. The van der Waals surface area contributed by atoms with Crippen LogP contribution in [0.15, 0.2) is 54.1 Å². The fraction of sp³-hybridized carbons (Fsp3) is 0.548. The molecule has 7 heteroatoms. The van der Waals surface area contributed by atoms with Gasteiger partial charge in [0.25, 0.3) is 0 Å².